The molecule has 0 saturated carbocycles. The third kappa shape index (κ3) is 3.39. The van der Waals surface area contributed by atoms with E-state index in [-0.39, 0.29) is 10.9 Å². The molecule has 1 atom stereocenters. The molecule has 0 bridgehead atoms. The number of nitrogens with one attached hydrogen (secondary N) is 1. The van der Waals surface area contributed by atoms with Gasteiger partial charge in [0.2, 0.25) is 10.0 Å². The molecule has 2 aromatic rings. The molecule has 1 N–H and O–H groups in total. The zero-order valence-corrected chi connectivity index (χ0v) is 14.5. The third-order valence-electron chi connectivity index (χ3n) is 3.88. The van der Waals surface area contributed by atoms with Gasteiger partial charge in [-0.2, -0.15) is 5.10 Å². The predicted molar refractivity (Wildman–Crippen MR) is 87.3 cm³/mol. The molecule has 0 aliphatic heterocycles. The highest BCUT2D eigenvalue weighted by Crippen LogP contribution is 2.20. The minimum atomic E-state index is -3.58. The fraction of sp³-hybridized carbons (Fsp3) is 0.438. The zero-order valence-electron chi connectivity index (χ0n) is 13.7. The summed E-state index contributed by atoms with van der Waals surface area (Å²) in [5.74, 6) is 0. The number of rotatable bonds is 5. The van der Waals surface area contributed by atoms with Crippen LogP contribution in [0.1, 0.15) is 42.3 Å². The Bertz CT molecular complexity index is 779. The maximum absolute atomic E-state index is 12.6. The van der Waals surface area contributed by atoms with Crippen LogP contribution >= 0.6 is 0 Å². The van der Waals surface area contributed by atoms with Crippen LogP contribution in [0.4, 0.5) is 0 Å². The molecular weight excluding hydrogens is 298 g/mol. The number of hydrogen-bond acceptors (Lipinski definition) is 3. The normalized spacial score (nSPS) is 13.3. The smallest absolute Gasteiger partial charge is 0.244 e. The molecule has 0 saturated heterocycles. The number of aromatic nitrogens is 2. The zero-order chi connectivity index (χ0) is 16.5. The lowest BCUT2D eigenvalue weighted by molar-refractivity contribution is 0.566. The van der Waals surface area contributed by atoms with Gasteiger partial charge in [0, 0.05) is 18.8 Å². The van der Waals surface area contributed by atoms with E-state index in [9.17, 15) is 8.42 Å². The second kappa shape index (κ2) is 6.22. The maximum atomic E-state index is 12.6. The number of hydrogen-bond donors (Lipinski definition) is 1. The van der Waals surface area contributed by atoms with Gasteiger partial charge in [0.15, 0.2) is 0 Å². The molecule has 6 heteroatoms. The molecule has 120 valence electrons. The van der Waals surface area contributed by atoms with Gasteiger partial charge in [-0.15, -0.1) is 0 Å². The van der Waals surface area contributed by atoms with E-state index in [4.69, 9.17) is 0 Å². The van der Waals surface area contributed by atoms with E-state index in [0.29, 0.717) is 12.2 Å². The third-order valence-corrected chi connectivity index (χ3v) is 5.52. The highest BCUT2D eigenvalue weighted by atomic mass is 32.2. The van der Waals surface area contributed by atoms with Gasteiger partial charge in [-0.05, 0) is 51.3 Å². The monoisotopic (exact) mass is 321 g/mol. The van der Waals surface area contributed by atoms with Crippen molar-refractivity contribution in [3.63, 3.8) is 0 Å². The molecule has 1 unspecified atom stereocenters. The fourth-order valence-electron chi connectivity index (χ4n) is 2.32. The van der Waals surface area contributed by atoms with Crippen LogP contribution in [-0.4, -0.2) is 18.2 Å². The van der Waals surface area contributed by atoms with Gasteiger partial charge < -0.3 is 0 Å². The van der Waals surface area contributed by atoms with Crippen LogP contribution in [0.15, 0.2) is 29.3 Å². The van der Waals surface area contributed by atoms with Crippen LogP contribution in [0.3, 0.4) is 0 Å². The summed E-state index contributed by atoms with van der Waals surface area (Å²) in [6.07, 6.45) is 1.57. The van der Waals surface area contributed by atoms with E-state index in [1.54, 1.807) is 17.8 Å². The summed E-state index contributed by atoms with van der Waals surface area (Å²) in [6, 6.07) is 5.69. The fourth-order valence-corrected chi connectivity index (χ4v) is 3.74. The molecule has 1 aromatic heterocycles. The van der Waals surface area contributed by atoms with Crippen LogP contribution in [0.25, 0.3) is 0 Å². The van der Waals surface area contributed by atoms with Crippen LogP contribution in [0.2, 0.25) is 0 Å². The quantitative estimate of drug-likeness (QED) is 0.921. The first kappa shape index (κ1) is 16.7. The molecule has 0 spiro atoms. The summed E-state index contributed by atoms with van der Waals surface area (Å²) in [5.41, 5.74) is 3.81. The Balaban J connectivity index is 2.27. The van der Waals surface area contributed by atoms with Crippen molar-refractivity contribution in [1.82, 2.24) is 14.5 Å². The van der Waals surface area contributed by atoms with Gasteiger partial charge in [0.05, 0.1) is 5.69 Å². The van der Waals surface area contributed by atoms with Gasteiger partial charge in [0.25, 0.3) is 0 Å². The molecular formula is C16H23N3O2S. The summed E-state index contributed by atoms with van der Waals surface area (Å²) in [7, 11) is -3.58. The van der Waals surface area contributed by atoms with Gasteiger partial charge in [-0.1, -0.05) is 18.2 Å². The van der Waals surface area contributed by atoms with Crippen molar-refractivity contribution in [2.45, 2.75) is 52.1 Å². The number of benzene rings is 1. The predicted octanol–water partition coefficient (Wildman–Crippen LogP) is 2.87. The summed E-state index contributed by atoms with van der Waals surface area (Å²) < 4.78 is 29.5. The van der Waals surface area contributed by atoms with E-state index >= 15 is 0 Å². The molecule has 0 aliphatic carbocycles. The van der Waals surface area contributed by atoms with Crippen molar-refractivity contribution in [3.05, 3.63) is 46.8 Å². The lowest BCUT2D eigenvalue weighted by atomic mass is 10.0. The second-order valence-electron chi connectivity index (χ2n) is 5.62. The lowest BCUT2D eigenvalue weighted by Gasteiger charge is -2.15. The van der Waals surface area contributed by atoms with Gasteiger partial charge >= 0.3 is 0 Å². The standard InChI is InChI=1S/C16H23N3O2S/c1-6-19-10-16(14(5)17-19)22(20,21)18-13(4)15-8-7-11(2)12(3)9-15/h7-10,13,18H,6H2,1-5H3. The molecule has 1 aromatic carbocycles. The Morgan fingerprint density at radius 1 is 1.23 bits per heavy atom. The summed E-state index contributed by atoms with van der Waals surface area (Å²) in [6.45, 7) is 10.2. The van der Waals surface area contributed by atoms with E-state index in [2.05, 4.69) is 9.82 Å². The summed E-state index contributed by atoms with van der Waals surface area (Å²) >= 11 is 0. The van der Waals surface area contributed by atoms with Crippen molar-refractivity contribution in [2.24, 2.45) is 0 Å². The molecule has 22 heavy (non-hydrogen) atoms. The van der Waals surface area contributed by atoms with Crippen molar-refractivity contribution >= 4 is 10.0 Å². The first-order valence-corrected chi connectivity index (χ1v) is 8.86. The maximum Gasteiger partial charge on any atom is 0.244 e. The SMILES string of the molecule is CCn1cc(S(=O)(=O)NC(C)c2ccc(C)c(C)c2)c(C)n1. The highest BCUT2D eigenvalue weighted by molar-refractivity contribution is 7.89. The molecule has 0 fully saturated rings. The van der Waals surface area contributed by atoms with Crippen LogP contribution in [0, 0.1) is 20.8 Å². The number of nitrogens with zero attached hydrogens (tertiary/aromatic N) is 2. The average Bonchev–Trinajstić information content (AvgIpc) is 2.83. The Kier molecular flexibility index (Phi) is 4.72. The second-order valence-corrected chi connectivity index (χ2v) is 7.30. The van der Waals surface area contributed by atoms with Crippen LogP contribution in [0.5, 0.6) is 0 Å². The van der Waals surface area contributed by atoms with E-state index < -0.39 is 10.0 Å². The molecule has 0 amide bonds. The van der Waals surface area contributed by atoms with Crippen molar-refractivity contribution in [3.8, 4) is 0 Å². The molecule has 5 nitrogen and oxygen atoms in total. The first-order chi connectivity index (χ1) is 10.2. The topological polar surface area (TPSA) is 64.0 Å². The first-order valence-electron chi connectivity index (χ1n) is 7.38. The number of aryl methyl sites for hydroxylation is 4. The van der Waals surface area contributed by atoms with Crippen LogP contribution in [-0.2, 0) is 16.6 Å². The van der Waals surface area contributed by atoms with Crippen LogP contribution < -0.4 is 4.72 Å². The lowest BCUT2D eigenvalue weighted by Crippen LogP contribution is -2.27. The molecule has 1 heterocycles. The summed E-state index contributed by atoms with van der Waals surface area (Å²) in [4.78, 5) is 0.241. The van der Waals surface area contributed by atoms with Crippen molar-refractivity contribution in [1.29, 1.82) is 0 Å². The Morgan fingerprint density at radius 3 is 2.45 bits per heavy atom. The van der Waals surface area contributed by atoms with E-state index in [1.807, 2.05) is 45.9 Å². The molecule has 0 aliphatic rings. The largest absolute Gasteiger partial charge is 0.271 e. The van der Waals surface area contributed by atoms with E-state index in [1.165, 1.54) is 5.56 Å². The molecule has 2 rings (SSSR count). The minimum Gasteiger partial charge on any atom is -0.271 e. The van der Waals surface area contributed by atoms with Gasteiger partial charge in [0.1, 0.15) is 4.90 Å². The highest BCUT2D eigenvalue weighted by Gasteiger charge is 2.23. The Morgan fingerprint density at radius 2 is 1.91 bits per heavy atom. The van der Waals surface area contributed by atoms with Gasteiger partial charge in [-0.25, -0.2) is 13.1 Å². The average molecular weight is 321 g/mol. The molecule has 0 radical (unpaired) electrons. The van der Waals surface area contributed by atoms with Crippen molar-refractivity contribution in [2.75, 3.05) is 0 Å². The van der Waals surface area contributed by atoms with Crippen molar-refractivity contribution < 1.29 is 8.42 Å². The number of sulfonamides is 1. The van der Waals surface area contributed by atoms with E-state index in [0.717, 1.165) is 11.1 Å². The Labute approximate surface area is 132 Å². The Hall–Kier alpha value is -1.66. The van der Waals surface area contributed by atoms with Gasteiger partial charge in [-0.3, -0.25) is 4.68 Å². The summed E-state index contributed by atoms with van der Waals surface area (Å²) in [5, 5.41) is 4.20. The minimum absolute atomic E-state index is 0.241.